The van der Waals surface area contributed by atoms with Crippen LogP contribution in [0.15, 0.2) is 6.07 Å². The Labute approximate surface area is 115 Å². The van der Waals surface area contributed by atoms with Gasteiger partial charge in [0.05, 0.1) is 4.99 Å². The Bertz CT molecular complexity index is 431. The van der Waals surface area contributed by atoms with Crippen LogP contribution in [-0.2, 0) is 0 Å². The molecule has 4 nitrogen and oxygen atoms in total. The van der Waals surface area contributed by atoms with Gasteiger partial charge in [-0.15, -0.1) is 0 Å². The second-order valence-electron chi connectivity index (χ2n) is 5.06. The summed E-state index contributed by atoms with van der Waals surface area (Å²) in [7, 11) is 2.00. The van der Waals surface area contributed by atoms with Crippen molar-refractivity contribution in [3.8, 4) is 0 Å². The highest BCUT2D eigenvalue weighted by Gasteiger charge is 2.13. The first-order valence-electron chi connectivity index (χ1n) is 6.17. The Morgan fingerprint density at radius 3 is 2.50 bits per heavy atom. The van der Waals surface area contributed by atoms with Crippen LogP contribution in [0.4, 0.5) is 5.82 Å². The van der Waals surface area contributed by atoms with Crippen LogP contribution < -0.4 is 10.6 Å². The first kappa shape index (κ1) is 14.8. The summed E-state index contributed by atoms with van der Waals surface area (Å²) in [5.41, 5.74) is 6.63. The van der Waals surface area contributed by atoms with Crippen molar-refractivity contribution in [1.82, 2.24) is 9.97 Å². The van der Waals surface area contributed by atoms with E-state index in [1.807, 2.05) is 27.0 Å². The normalized spacial score (nSPS) is 12.6. The van der Waals surface area contributed by atoms with Crippen molar-refractivity contribution in [2.24, 2.45) is 11.7 Å². The second-order valence-corrected chi connectivity index (χ2v) is 5.54. The van der Waals surface area contributed by atoms with Crippen molar-refractivity contribution in [3.05, 3.63) is 17.6 Å². The van der Waals surface area contributed by atoms with Gasteiger partial charge in [0.25, 0.3) is 0 Å². The summed E-state index contributed by atoms with van der Waals surface area (Å²) in [6.07, 6.45) is 0. The number of aryl methyl sites for hydroxylation is 1. The van der Waals surface area contributed by atoms with Crippen molar-refractivity contribution in [1.29, 1.82) is 0 Å². The molecular formula is C13H22N4S. The molecule has 1 heterocycles. The number of rotatable bonds is 5. The van der Waals surface area contributed by atoms with Gasteiger partial charge < -0.3 is 10.6 Å². The average molecular weight is 266 g/mol. The van der Waals surface area contributed by atoms with Crippen molar-refractivity contribution < 1.29 is 0 Å². The molecule has 1 rings (SSSR count). The van der Waals surface area contributed by atoms with Crippen molar-refractivity contribution in [2.45, 2.75) is 33.6 Å². The molecule has 100 valence electrons. The fourth-order valence-corrected chi connectivity index (χ4v) is 1.70. The fourth-order valence-electron chi connectivity index (χ4n) is 1.62. The second kappa shape index (κ2) is 6.09. The molecular weight excluding hydrogens is 244 g/mol. The Morgan fingerprint density at radius 2 is 2.00 bits per heavy atom. The van der Waals surface area contributed by atoms with Gasteiger partial charge in [-0.2, -0.15) is 0 Å². The van der Waals surface area contributed by atoms with Gasteiger partial charge in [-0.3, -0.25) is 0 Å². The number of hydrogen-bond acceptors (Lipinski definition) is 4. The van der Waals surface area contributed by atoms with Crippen LogP contribution in [0.25, 0.3) is 0 Å². The molecule has 0 aromatic carbocycles. The monoisotopic (exact) mass is 266 g/mol. The van der Waals surface area contributed by atoms with E-state index in [2.05, 4.69) is 28.7 Å². The summed E-state index contributed by atoms with van der Waals surface area (Å²) in [4.78, 5) is 11.6. The number of nitrogens with zero attached hydrogens (tertiary/aromatic N) is 3. The first-order chi connectivity index (χ1) is 8.31. The summed E-state index contributed by atoms with van der Waals surface area (Å²) in [6.45, 7) is 8.97. The third-order valence-electron chi connectivity index (χ3n) is 2.80. The van der Waals surface area contributed by atoms with Crippen molar-refractivity contribution in [3.63, 3.8) is 0 Å². The van der Waals surface area contributed by atoms with Crippen LogP contribution in [0.2, 0.25) is 0 Å². The van der Waals surface area contributed by atoms with Crippen LogP contribution >= 0.6 is 12.2 Å². The molecule has 18 heavy (non-hydrogen) atoms. The summed E-state index contributed by atoms with van der Waals surface area (Å²) >= 11 is 5.00. The van der Waals surface area contributed by atoms with E-state index in [1.54, 1.807) is 0 Å². The Hall–Kier alpha value is -1.23. The average Bonchev–Trinajstić information content (AvgIpc) is 2.27. The van der Waals surface area contributed by atoms with E-state index < -0.39 is 0 Å². The quantitative estimate of drug-likeness (QED) is 0.829. The molecule has 1 aromatic heterocycles. The molecule has 0 aliphatic rings. The molecule has 0 saturated carbocycles. The predicted octanol–water partition coefficient (Wildman–Crippen LogP) is 2.27. The lowest BCUT2D eigenvalue weighted by Crippen LogP contribution is -2.32. The minimum atomic E-state index is 0.169. The van der Waals surface area contributed by atoms with Crippen LogP contribution in [0, 0.1) is 12.8 Å². The summed E-state index contributed by atoms with van der Waals surface area (Å²) in [5.74, 6) is 2.29. The molecule has 1 unspecified atom stereocenters. The van der Waals surface area contributed by atoms with Gasteiger partial charge in [0.1, 0.15) is 11.6 Å². The maximum absolute atomic E-state index is 5.64. The van der Waals surface area contributed by atoms with Gasteiger partial charge in [-0.25, -0.2) is 9.97 Å². The zero-order chi connectivity index (χ0) is 13.9. The highest BCUT2D eigenvalue weighted by molar-refractivity contribution is 7.80. The third kappa shape index (κ3) is 3.91. The Morgan fingerprint density at radius 1 is 1.39 bits per heavy atom. The largest absolute Gasteiger partial charge is 0.393 e. The van der Waals surface area contributed by atoms with Crippen LogP contribution in [0.3, 0.4) is 0 Å². The lowest BCUT2D eigenvalue weighted by Gasteiger charge is -2.23. The number of anilines is 1. The molecule has 5 heteroatoms. The maximum Gasteiger partial charge on any atom is 0.133 e. The van der Waals surface area contributed by atoms with Gasteiger partial charge >= 0.3 is 0 Å². The topological polar surface area (TPSA) is 55.0 Å². The third-order valence-corrected chi connectivity index (χ3v) is 3.20. The number of thiocarbonyl (C=S) groups is 1. The SMILES string of the molecule is Cc1cc(N(C)CC(C)C(N)=S)nc(C(C)C)n1. The molecule has 0 radical (unpaired) electrons. The van der Waals surface area contributed by atoms with Gasteiger partial charge in [0, 0.05) is 37.2 Å². The smallest absolute Gasteiger partial charge is 0.133 e. The highest BCUT2D eigenvalue weighted by Crippen LogP contribution is 2.17. The number of aromatic nitrogens is 2. The first-order valence-corrected chi connectivity index (χ1v) is 6.58. The highest BCUT2D eigenvalue weighted by atomic mass is 32.1. The Balaban J connectivity index is 2.91. The zero-order valence-electron chi connectivity index (χ0n) is 11.8. The number of hydrogen-bond donors (Lipinski definition) is 1. The van der Waals surface area contributed by atoms with Gasteiger partial charge in [0.15, 0.2) is 0 Å². The molecule has 0 spiro atoms. The van der Waals surface area contributed by atoms with E-state index in [9.17, 15) is 0 Å². The predicted molar refractivity (Wildman–Crippen MR) is 80.1 cm³/mol. The van der Waals surface area contributed by atoms with E-state index in [0.29, 0.717) is 10.9 Å². The van der Waals surface area contributed by atoms with Crippen molar-refractivity contribution in [2.75, 3.05) is 18.5 Å². The molecule has 1 atom stereocenters. The van der Waals surface area contributed by atoms with Gasteiger partial charge in [0.2, 0.25) is 0 Å². The van der Waals surface area contributed by atoms with E-state index in [1.165, 1.54) is 0 Å². The minimum absolute atomic E-state index is 0.169. The van der Waals surface area contributed by atoms with Crippen molar-refractivity contribution >= 4 is 23.0 Å². The van der Waals surface area contributed by atoms with E-state index in [4.69, 9.17) is 18.0 Å². The zero-order valence-corrected chi connectivity index (χ0v) is 12.6. The fraction of sp³-hybridized carbons (Fsp3) is 0.615. The standard InChI is InChI=1S/C13H22N4S/c1-8(2)13-15-10(4)6-11(16-13)17(5)7-9(3)12(14)18/h6,8-9H,7H2,1-5H3,(H2,14,18). The van der Waals surface area contributed by atoms with Crippen LogP contribution in [-0.4, -0.2) is 28.5 Å². The van der Waals surface area contributed by atoms with Crippen LogP contribution in [0.1, 0.15) is 38.2 Å². The molecule has 0 saturated heterocycles. The summed E-state index contributed by atoms with van der Waals surface area (Å²) in [5, 5.41) is 0. The molecule has 0 aliphatic carbocycles. The minimum Gasteiger partial charge on any atom is -0.393 e. The Kier molecular flexibility index (Phi) is 5.02. The molecule has 2 N–H and O–H groups in total. The summed E-state index contributed by atoms with van der Waals surface area (Å²) in [6, 6.07) is 1.98. The van der Waals surface area contributed by atoms with E-state index in [-0.39, 0.29) is 5.92 Å². The molecule has 0 fully saturated rings. The molecule has 0 amide bonds. The van der Waals surface area contributed by atoms with Gasteiger partial charge in [-0.05, 0) is 6.92 Å². The van der Waals surface area contributed by atoms with E-state index in [0.717, 1.165) is 23.9 Å². The molecule has 1 aromatic rings. The summed E-state index contributed by atoms with van der Waals surface area (Å²) < 4.78 is 0. The lowest BCUT2D eigenvalue weighted by atomic mass is 10.1. The van der Waals surface area contributed by atoms with Gasteiger partial charge in [-0.1, -0.05) is 33.0 Å². The van der Waals surface area contributed by atoms with Crippen LogP contribution in [0.5, 0.6) is 0 Å². The maximum atomic E-state index is 5.64. The molecule has 0 aliphatic heterocycles. The lowest BCUT2D eigenvalue weighted by molar-refractivity contribution is 0.715. The number of nitrogens with two attached hydrogens (primary N) is 1. The molecule has 0 bridgehead atoms. The van der Waals surface area contributed by atoms with E-state index >= 15 is 0 Å².